The average molecular weight is 335 g/mol. The van der Waals surface area contributed by atoms with E-state index in [1.165, 1.54) is 0 Å². The zero-order chi connectivity index (χ0) is 12.0. The number of methoxy groups -OCH3 is 2. The Balaban J connectivity index is 2.89. The van der Waals surface area contributed by atoms with Crippen LogP contribution in [0.25, 0.3) is 0 Å². The van der Waals surface area contributed by atoms with E-state index in [1.807, 2.05) is 0 Å². The molecule has 0 aliphatic rings. The van der Waals surface area contributed by atoms with Gasteiger partial charge in [-0.3, -0.25) is 4.79 Å². The summed E-state index contributed by atoms with van der Waals surface area (Å²) in [5.74, 6) is 1.10. The van der Waals surface area contributed by atoms with Crippen molar-refractivity contribution >= 4 is 28.5 Å². The standard InChI is InChI=1S/C11H14INO3/c1-15-9-5-8(6-10(7-9)16-2)11(14)13-4-3-12/h5-7H,3-4H2,1-2H3,(H,13,14). The lowest BCUT2D eigenvalue weighted by Gasteiger charge is -2.08. The van der Waals surface area contributed by atoms with Gasteiger partial charge in [-0.2, -0.15) is 0 Å². The summed E-state index contributed by atoms with van der Waals surface area (Å²) in [6.45, 7) is 0.652. The van der Waals surface area contributed by atoms with Gasteiger partial charge in [0.25, 0.3) is 5.91 Å². The molecule has 1 aromatic rings. The van der Waals surface area contributed by atoms with Crippen LogP contribution in [-0.2, 0) is 0 Å². The monoisotopic (exact) mass is 335 g/mol. The van der Waals surface area contributed by atoms with Crippen molar-refractivity contribution in [3.8, 4) is 11.5 Å². The van der Waals surface area contributed by atoms with Crippen molar-refractivity contribution < 1.29 is 14.3 Å². The van der Waals surface area contributed by atoms with Crippen LogP contribution in [0.4, 0.5) is 0 Å². The second-order valence-electron chi connectivity index (χ2n) is 3.05. The summed E-state index contributed by atoms with van der Waals surface area (Å²) in [5, 5.41) is 2.79. The van der Waals surface area contributed by atoms with Gasteiger partial charge in [0.05, 0.1) is 14.2 Å². The highest BCUT2D eigenvalue weighted by Gasteiger charge is 2.08. The fourth-order valence-electron chi connectivity index (χ4n) is 1.20. The van der Waals surface area contributed by atoms with Gasteiger partial charge in [0.15, 0.2) is 0 Å². The van der Waals surface area contributed by atoms with Crippen LogP contribution in [0.2, 0.25) is 0 Å². The number of rotatable bonds is 5. The summed E-state index contributed by atoms with van der Waals surface area (Å²) in [4.78, 5) is 11.7. The SMILES string of the molecule is COc1cc(OC)cc(C(=O)NCCI)c1. The first-order valence-electron chi connectivity index (χ1n) is 4.78. The highest BCUT2D eigenvalue weighted by molar-refractivity contribution is 14.1. The number of ether oxygens (including phenoxy) is 2. The van der Waals surface area contributed by atoms with Gasteiger partial charge in [-0.05, 0) is 12.1 Å². The first-order valence-corrected chi connectivity index (χ1v) is 6.31. The maximum Gasteiger partial charge on any atom is 0.251 e. The number of amides is 1. The second-order valence-corrected chi connectivity index (χ2v) is 4.12. The van der Waals surface area contributed by atoms with E-state index in [0.29, 0.717) is 23.6 Å². The van der Waals surface area contributed by atoms with Crippen LogP contribution in [0.15, 0.2) is 18.2 Å². The molecule has 0 aromatic heterocycles. The molecule has 0 aliphatic carbocycles. The number of nitrogens with one attached hydrogen (secondary N) is 1. The molecule has 0 radical (unpaired) electrons. The molecule has 0 saturated heterocycles. The van der Waals surface area contributed by atoms with Gasteiger partial charge in [0, 0.05) is 22.6 Å². The maximum absolute atomic E-state index is 11.7. The highest BCUT2D eigenvalue weighted by atomic mass is 127. The third kappa shape index (κ3) is 3.55. The quantitative estimate of drug-likeness (QED) is 0.660. The van der Waals surface area contributed by atoms with Crippen LogP contribution in [0.1, 0.15) is 10.4 Å². The molecule has 0 unspecified atom stereocenters. The molecule has 0 atom stereocenters. The first kappa shape index (κ1) is 13.1. The summed E-state index contributed by atoms with van der Waals surface area (Å²) >= 11 is 2.20. The van der Waals surface area contributed by atoms with Crippen molar-refractivity contribution in [3.63, 3.8) is 0 Å². The molecule has 4 nitrogen and oxygen atoms in total. The van der Waals surface area contributed by atoms with Crippen molar-refractivity contribution in [1.29, 1.82) is 0 Å². The van der Waals surface area contributed by atoms with Gasteiger partial charge in [-0.25, -0.2) is 0 Å². The first-order chi connectivity index (χ1) is 7.71. The maximum atomic E-state index is 11.7. The van der Waals surface area contributed by atoms with Crippen molar-refractivity contribution in [2.24, 2.45) is 0 Å². The molecule has 1 N–H and O–H groups in total. The third-order valence-electron chi connectivity index (χ3n) is 1.99. The predicted octanol–water partition coefficient (Wildman–Crippen LogP) is 1.87. The fraction of sp³-hybridized carbons (Fsp3) is 0.364. The summed E-state index contributed by atoms with van der Waals surface area (Å²) < 4.78 is 11.1. The number of halogens is 1. The summed E-state index contributed by atoms with van der Waals surface area (Å²) in [5.41, 5.74) is 0.543. The van der Waals surface area contributed by atoms with Gasteiger partial charge < -0.3 is 14.8 Å². The molecule has 16 heavy (non-hydrogen) atoms. The molecule has 1 amide bonds. The Kier molecular flexibility index (Phi) is 5.37. The molecule has 0 saturated carbocycles. The number of alkyl halides is 1. The van der Waals surface area contributed by atoms with Crippen LogP contribution >= 0.6 is 22.6 Å². The lowest BCUT2D eigenvalue weighted by Crippen LogP contribution is -2.25. The van der Waals surface area contributed by atoms with E-state index >= 15 is 0 Å². The third-order valence-corrected chi connectivity index (χ3v) is 2.53. The number of benzene rings is 1. The van der Waals surface area contributed by atoms with Crippen LogP contribution in [-0.4, -0.2) is 31.1 Å². The smallest absolute Gasteiger partial charge is 0.251 e. The molecular weight excluding hydrogens is 321 g/mol. The van der Waals surface area contributed by atoms with E-state index in [4.69, 9.17) is 9.47 Å². The van der Waals surface area contributed by atoms with E-state index in [2.05, 4.69) is 27.9 Å². The Morgan fingerprint density at radius 3 is 2.25 bits per heavy atom. The number of hydrogen-bond acceptors (Lipinski definition) is 3. The van der Waals surface area contributed by atoms with E-state index < -0.39 is 0 Å². The molecule has 1 aromatic carbocycles. The number of carbonyl (C=O) groups is 1. The Morgan fingerprint density at radius 1 is 1.25 bits per heavy atom. The molecule has 5 heteroatoms. The van der Waals surface area contributed by atoms with Crippen LogP contribution < -0.4 is 14.8 Å². The second kappa shape index (κ2) is 6.57. The van der Waals surface area contributed by atoms with Gasteiger partial charge >= 0.3 is 0 Å². The molecule has 88 valence electrons. The van der Waals surface area contributed by atoms with Crippen molar-refractivity contribution in [3.05, 3.63) is 23.8 Å². The Labute approximate surface area is 108 Å². The Bertz CT molecular complexity index is 346. The minimum Gasteiger partial charge on any atom is -0.497 e. The fourth-order valence-corrected chi connectivity index (χ4v) is 1.47. The zero-order valence-electron chi connectivity index (χ0n) is 9.25. The summed E-state index contributed by atoms with van der Waals surface area (Å²) in [6, 6.07) is 5.10. The van der Waals surface area contributed by atoms with E-state index in [-0.39, 0.29) is 5.91 Å². The molecule has 0 spiro atoms. The van der Waals surface area contributed by atoms with E-state index in [1.54, 1.807) is 32.4 Å². The van der Waals surface area contributed by atoms with Crippen LogP contribution in [0, 0.1) is 0 Å². The van der Waals surface area contributed by atoms with Crippen molar-refractivity contribution in [2.75, 3.05) is 25.2 Å². The van der Waals surface area contributed by atoms with Crippen molar-refractivity contribution in [1.82, 2.24) is 5.32 Å². The largest absolute Gasteiger partial charge is 0.497 e. The zero-order valence-corrected chi connectivity index (χ0v) is 11.4. The van der Waals surface area contributed by atoms with E-state index in [0.717, 1.165) is 4.43 Å². The topological polar surface area (TPSA) is 47.6 Å². The molecular formula is C11H14INO3. The molecule has 1 rings (SSSR count). The minimum absolute atomic E-state index is 0.117. The summed E-state index contributed by atoms with van der Waals surface area (Å²) in [6.07, 6.45) is 0. The number of carbonyl (C=O) groups excluding carboxylic acids is 1. The molecule has 0 bridgehead atoms. The highest BCUT2D eigenvalue weighted by Crippen LogP contribution is 2.22. The minimum atomic E-state index is -0.117. The van der Waals surface area contributed by atoms with Gasteiger partial charge in [0.2, 0.25) is 0 Å². The van der Waals surface area contributed by atoms with Crippen LogP contribution in [0.3, 0.4) is 0 Å². The molecule has 0 aliphatic heterocycles. The van der Waals surface area contributed by atoms with E-state index in [9.17, 15) is 4.79 Å². The van der Waals surface area contributed by atoms with Gasteiger partial charge in [-0.15, -0.1) is 0 Å². The predicted molar refractivity (Wildman–Crippen MR) is 70.8 cm³/mol. The Morgan fingerprint density at radius 2 is 1.81 bits per heavy atom. The van der Waals surface area contributed by atoms with Gasteiger partial charge in [-0.1, -0.05) is 22.6 Å². The lowest BCUT2D eigenvalue weighted by molar-refractivity contribution is 0.0955. The lowest BCUT2D eigenvalue weighted by atomic mass is 10.2. The normalized spacial score (nSPS) is 9.69. The summed E-state index contributed by atoms with van der Waals surface area (Å²) in [7, 11) is 3.11. The van der Waals surface area contributed by atoms with Crippen molar-refractivity contribution in [2.45, 2.75) is 0 Å². The van der Waals surface area contributed by atoms with Gasteiger partial charge in [0.1, 0.15) is 11.5 Å². The number of hydrogen-bond donors (Lipinski definition) is 1. The average Bonchev–Trinajstić information content (AvgIpc) is 2.35. The molecule has 0 heterocycles. The Hall–Kier alpha value is -0.980. The molecule has 0 fully saturated rings. The van der Waals surface area contributed by atoms with Crippen LogP contribution in [0.5, 0.6) is 11.5 Å².